The van der Waals surface area contributed by atoms with Crippen LogP contribution in [0.15, 0.2) is 35.6 Å². The molecule has 0 spiro atoms. The molecule has 0 amide bonds. The maximum absolute atomic E-state index is 12.4. The molecule has 1 aromatic carbocycles. The van der Waals surface area contributed by atoms with Crippen LogP contribution in [0.25, 0.3) is 21.3 Å². The fourth-order valence-electron chi connectivity index (χ4n) is 3.21. The van der Waals surface area contributed by atoms with Crippen molar-refractivity contribution in [2.45, 2.75) is 63.7 Å². The van der Waals surface area contributed by atoms with Crippen LogP contribution in [0.3, 0.4) is 0 Å². The Morgan fingerprint density at radius 2 is 1.86 bits per heavy atom. The van der Waals surface area contributed by atoms with Gasteiger partial charge in [-0.15, -0.1) is 11.3 Å². The van der Waals surface area contributed by atoms with E-state index in [1.807, 2.05) is 20.8 Å². The highest BCUT2D eigenvalue weighted by Gasteiger charge is 2.33. The largest absolute Gasteiger partial charge is 0.465 e. The number of carbonyl (C=O) groups is 1. The van der Waals surface area contributed by atoms with Gasteiger partial charge in [0.15, 0.2) is 0 Å². The van der Waals surface area contributed by atoms with Crippen LogP contribution in [0.2, 0.25) is 0 Å². The van der Waals surface area contributed by atoms with Crippen LogP contribution in [0.4, 0.5) is 0 Å². The van der Waals surface area contributed by atoms with E-state index < -0.39 is 4.75 Å². The van der Waals surface area contributed by atoms with Crippen molar-refractivity contribution in [2.75, 3.05) is 6.61 Å². The smallest absolute Gasteiger partial charge is 0.322 e. The summed E-state index contributed by atoms with van der Waals surface area (Å²) in [5, 5.41) is 1.86. The van der Waals surface area contributed by atoms with Crippen LogP contribution >= 0.6 is 23.1 Å². The van der Waals surface area contributed by atoms with Crippen LogP contribution in [0, 0.1) is 0 Å². The van der Waals surface area contributed by atoms with Crippen molar-refractivity contribution in [3.8, 4) is 11.1 Å². The molecule has 0 atom stereocenters. The number of esters is 1. The van der Waals surface area contributed by atoms with Gasteiger partial charge in [0.2, 0.25) is 0 Å². The Bertz CT molecular complexity index is 1010. The summed E-state index contributed by atoms with van der Waals surface area (Å²) >= 11 is 3.15. The van der Waals surface area contributed by atoms with E-state index in [0.29, 0.717) is 12.5 Å². The summed E-state index contributed by atoms with van der Waals surface area (Å²) in [5.41, 5.74) is 3.68. The number of hydrogen-bond acceptors (Lipinski definition) is 6. The van der Waals surface area contributed by atoms with Crippen molar-refractivity contribution in [1.29, 1.82) is 0 Å². The molecule has 6 heteroatoms. The molecule has 2 aromatic heterocycles. The summed E-state index contributed by atoms with van der Waals surface area (Å²) in [5.74, 6) is 0.263. The number of benzene rings is 1. The molecule has 0 saturated heterocycles. The molecule has 4 nitrogen and oxygen atoms in total. The summed E-state index contributed by atoms with van der Waals surface area (Å²) < 4.78 is 4.54. The number of carbonyl (C=O) groups excluding carboxylic acids is 1. The Hall–Kier alpha value is -1.92. The van der Waals surface area contributed by atoms with Crippen LogP contribution in [0.5, 0.6) is 0 Å². The molecule has 2 heterocycles. The third kappa shape index (κ3) is 4.48. The lowest BCUT2D eigenvalue weighted by atomic mass is 9.97. The van der Waals surface area contributed by atoms with E-state index in [9.17, 15) is 4.79 Å². The van der Waals surface area contributed by atoms with Crippen LogP contribution in [-0.4, -0.2) is 27.3 Å². The van der Waals surface area contributed by atoms with E-state index in [1.165, 1.54) is 33.3 Å². The van der Waals surface area contributed by atoms with Gasteiger partial charge < -0.3 is 4.74 Å². The number of fused-ring (bicyclic) bond motifs is 1. The summed E-state index contributed by atoms with van der Waals surface area (Å²) in [7, 11) is 0. The number of aryl methyl sites for hydroxylation is 1. The standard InChI is InChI=1S/C23H28N2O2S2/c1-7-17-18(16-11-9-15(10-12-16)14(3)4)19-20(28-17)24-13-25-21(19)29-23(5,6)22(26)27-8-2/h9-14H,7-8H2,1-6H3. The summed E-state index contributed by atoms with van der Waals surface area (Å²) in [6, 6.07) is 8.77. The van der Waals surface area contributed by atoms with Crippen molar-refractivity contribution in [3.05, 3.63) is 41.0 Å². The molecule has 0 bridgehead atoms. The highest BCUT2D eigenvalue weighted by Crippen LogP contribution is 2.45. The molecule has 0 unspecified atom stereocenters. The minimum atomic E-state index is -0.732. The minimum Gasteiger partial charge on any atom is -0.465 e. The molecule has 0 aliphatic heterocycles. The summed E-state index contributed by atoms with van der Waals surface area (Å²) in [6.45, 7) is 12.5. The van der Waals surface area contributed by atoms with Gasteiger partial charge in [-0.1, -0.05) is 56.8 Å². The van der Waals surface area contributed by atoms with Crippen molar-refractivity contribution in [3.63, 3.8) is 0 Å². The molecule has 29 heavy (non-hydrogen) atoms. The molecule has 0 saturated carbocycles. The van der Waals surface area contributed by atoms with Gasteiger partial charge in [0, 0.05) is 10.4 Å². The normalized spacial score (nSPS) is 12.0. The monoisotopic (exact) mass is 428 g/mol. The fraction of sp³-hybridized carbons (Fsp3) is 0.435. The zero-order valence-electron chi connectivity index (χ0n) is 17.9. The number of ether oxygens (including phenoxy) is 1. The number of aromatic nitrogens is 2. The molecule has 0 fully saturated rings. The highest BCUT2D eigenvalue weighted by atomic mass is 32.2. The molecule has 3 aromatic rings. The predicted molar refractivity (Wildman–Crippen MR) is 123 cm³/mol. The van der Waals surface area contributed by atoms with E-state index >= 15 is 0 Å². The van der Waals surface area contributed by atoms with Gasteiger partial charge in [-0.25, -0.2) is 9.97 Å². The second-order valence-corrected chi connectivity index (χ2v) is 10.4. The van der Waals surface area contributed by atoms with Crippen molar-refractivity contribution < 1.29 is 9.53 Å². The van der Waals surface area contributed by atoms with Crippen LogP contribution in [0.1, 0.15) is 57.9 Å². The number of hydrogen-bond donors (Lipinski definition) is 0. The Labute approximate surface area is 181 Å². The second kappa shape index (κ2) is 8.84. The third-order valence-corrected chi connectivity index (χ3v) is 7.25. The van der Waals surface area contributed by atoms with E-state index in [-0.39, 0.29) is 5.97 Å². The predicted octanol–water partition coefficient (Wildman–Crippen LogP) is 6.48. The van der Waals surface area contributed by atoms with Gasteiger partial charge in [0.05, 0.1) is 12.0 Å². The molecule has 0 aliphatic rings. The topological polar surface area (TPSA) is 52.1 Å². The van der Waals surface area contributed by atoms with Crippen molar-refractivity contribution in [2.24, 2.45) is 0 Å². The van der Waals surface area contributed by atoms with Gasteiger partial charge in [0.25, 0.3) is 0 Å². The lowest BCUT2D eigenvalue weighted by Gasteiger charge is -2.21. The first kappa shape index (κ1) is 21.8. The lowest BCUT2D eigenvalue weighted by molar-refractivity contribution is -0.145. The van der Waals surface area contributed by atoms with Gasteiger partial charge in [-0.3, -0.25) is 4.79 Å². The quantitative estimate of drug-likeness (QED) is 0.245. The zero-order valence-corrected chi connectivity index (χ0v) is 19.5. The first-order valence-corrected chi connectivity index (χ1v) is 11.6. The first-order chi connectivity index (χ1) is 13.8. The Morgan fingerprint density at radius 3 is 2.45 bits per heavy atom. The van der Waals surface area contributed by atoms with Gasteiger partial charge in [-0.2, -0.15) is 0 Å². The number of rotatable bonds is 7. The first-order valence-electron chi connectivity index (χ1n) is 10.0. The molecule has 3 rings (SSSR count). The van der Waals surface area contributed by atoms with Gasteiger partial charge in [-0.05, 0) is 44.2 Å². The Balaban J connectivity index is 2.14. The molecule has 0 aliphatic carbocycles. The Kier molecular flexibility index (Phi) is 6.64. The fourth-order valence-corrected chi connectivity index (χ4v) is 5.40. The molecule has 154 valence electrons. The SMILES string of the molecule is CCOC(=O)C(C)(C)Sc1ncnc2sc(CC)c(-c3ccc(C(C)C)cc3)c12. The van der Waals surface area contributed by atoms with Crippen LogP contribution in [-0.2, 0) is 16.0 Å². The zero-order chi connectivity index (χ0) is 21.2. The van der Waals surface area contributed by atoms with Crippen molar-refractivity contribution in [1.82, 2.24) is 9.97 Å². The molecule has 0 N–H and O–H groups in total. The molecular formula is C23H28N2O2S2. The Morgan fingerprint density at radius 1 is 1.17 bits per heavy atom. The summed E-state index contributed by atoms with van der Waals surface area (Å²) in [6.07, 6.45) is 2.52. The number of thiophene rings is 1. The second-order valence-electron chi connectivity index (χ2n) is 7.72. The maximum atomic E-state index is 12.4. The van der Waals surface area contributed by atoms with Crippen molar-refractivity contribution >= 4 is 39.3 Å². The van der Waals surface area contributed by atoms with E-state index in [2.05, 4.69) is 55.0 Å². The lowest BCUT2D eigenvalue weighted by Crippen LogP contribution is -2.30. The highest BCUT2D eigenvalue weighted by molar-refractivity contribution is 8.01. The minimum absolute atomic E-state index is 0.231. The molecular weight excluding hydrogens is 400 g/mol. The van der Waals surface area contributed by atoms with E-state index in [1.54, 1.807) is 17.7 Å². The van der Waals surface area contributed by atoms with Gasteiger partial charge >= 0.3 is 5.97 Å². The number of nitrogens with zero attached hydrogens (tertiary/aromatic N) is 2. The van der Waals surface area contributed by atoms with Crippen LogP contribution < -0.4 is 0 Å². The van der Waals surface area contributed by atoms with E-state index in [0.717, 1.165) is 21.7 Å². The average Bonchev–Trinajstić information content (AvgIpc) is 3.07. The van der Waals surface area contributed by atoms with Gasteiger partial charge in [0.1, 0.15) is 20.9 Å². The maximum Gasteiger partial charge on any atom is 0.322 e. The third-order valence-electron chi connectivity index (χ3n) is 4.83. The average molecular weight is 429 g/mol. The number of thioether (sulfide) groups is 1. The molecule has 0 radical (unpaired) electrons. The summed E-state index contributed by atoms with van der Waals surface area (Å²) in [4.78, 5) is 23.8. The van der Waals surface area contributed by atoms with E-state index in [4.69, 9.17) is 4.74 Å².